The normalized spacial score (nSPS) is 27.6. The van der Waals surface area contributed by atoms with Crippen LogP contribution in [0.2, 0.25) is 0 Å². The van der Waals surface area contributed by atoms with Gasteiger partial charge in [-0.25, -0.2) is 0 Å². The van der Waals surface area contributed by atoms with Crippen LogP contribution in [-0.2, 0) is 20.8 Å². The molecule has 3 rings (SSSR count). The zero-order valence-corrected chi connectivity index (χ0v) is 15.9. The summed E-state index contributed by atoms with van der Waals surface area (Å²) in [5.41, 5.74) is 3.44. The highest BCUT2D eigenvalue weighted by Crippen LogP contribution is 2.25. The van der Waals surface area contributed by atoms with E-state index in [9.17, 15) is 4.79 Å². The lowest BCUT2D eigenvalue weighted by molar-refractivity contribution is -0.141. The molecule has 140 valence electrons. The topological polar surface area (TPSA) is 57.8 Å². The minimum absolute atomic E-state index is 0.000921. The molecule has 0 aromatic carbocycles. The van der Waals surface area contributed by atoms with Crippen LogP contribution in [0.4, 0.5) is 0 Å². The van der Waals surface area contributed by atoms with E-state index in [1.54, 1.807) is 0 Å². The summed E-state index contributed by atoms with van der Waals surface area (Å²) in [7, 11) is 2.11. The van der Waals surface area contributed by atoms with Crippen molar-refractivity contribution in [3.63, 3.8) is 0 Å². The third-order valence-corrected chi connectivity index (χ3v) is 5.39. The molecule has 2 aliphatic heterocycles. The average Bonchev–Trinajstić information content (AvgIpc) is 3.11. The maximum Gasteiger partial charge on any atom is 0.228 e. The number of H-pyrrole nitrogens is 1. The second kappa shape index (κ2) is 7.89. The lowest BCUT2D eigenvalue weighted by atomic mass is 10.00. The van der Waals surface area contributed by atoms with Crippen LogP contribution in [-0.4, -0.2) is 72.8 Å². The minimum atomic E-state index is -0.0401. The number of nitrogens with zero attached hydrogens (tertiary/aromatic N) is 2. The van der Waals surface area contributed by atoms with Gasteiger partial charge in [0.15, 0.2) is 0 Å². The van der Waals surface area contributed by atoms with Gasteiger partial charge >= 0.3 is 0 Å². The van der Waals surface area contributed by atoms with Crippen molar-refractivity contribution in [3.8, 4) is 0 Å². The number of rotatable bonds is 5. The Morgan fingerprint density at radius 1 is 1.36 bits per heavy atom. The molecule has 2 aliphatic rings. The van der Waals surface area contributed by atoms with Crippen molar-refractivity contribution in [3.05, 3.63) is 23.0 Å². The number of ether oxygens (including phenoxy) is 2. The Morgan fingerprint density at radius 3 is 2.76 bits per heavy atom. The first-order valence-electron chi connectivity index (χ1n) is 9.29. The predicted molar refractivity (Wildman–Crippen MR) is 96.4 cm³/mol. The number of hydrogen-bond acceptors (Lipinski definition) is 4. The van der Waals surface area contributed by atoms with Crippen LogP contribution >= 0.6 is 0 Å². The Hall–Kier alpha value is -1.37. The summed E-state index contributed by atoms with van der Waals surface area (Å²) in [5.74, 6) is 0.154. The number of aryl methyl sites for hydroxylation is 2. The summed E-state index contributed by atoms with van der Waals surface area (Å²) in [4.78, 5) is 20.8. The second-order valence-electron chi connectivity index (χ2n) is 7.55. The van der Waals surface area contributed by atoms with Crippen LogP contribution in [0, 0.1) is 19.8 Å². The number of amides is 1. The number of carbonyl (C=O) groups is 1. The van der Waals surface area contributed by atoms with Crippen LogP contribution in [0.15, 0.2) is 6.07 Å². The maximum atomic E-state index is 13.2. The maximum absolute atomic E-state index is 13.2. The molecule has 2 saturated heterocycles. The van der Waals surface area contributed by atoms with E-state index in [0.717, 1.165) is 37.5 Å². The van der Waals surface area contributed by atoms with Gasteiger partial charge < -0.3 is 24.3 Å². The van der Waals surface area contributed by atoms with Gasteiger partial charge in [0.25, 0.3) is 0 Å². The van der Waals surface area contributed by atoms with Gasteiger partial charge in [-0.2, -0.15) is 0 Å². The second-order valence-corrected chi connectivity index (χ2v) is 7.55. The number of hydrogen-bond donors (Lipinski definition) is 1. The van der Waals surface area contributed by atoms with Gasteiger partial charge in [0.05, 0.1) is 24.7 Å². The fourth-order valence-electron chi connectivity index (χ4n) is 3.90. The van der Waals surface area contributed by atoms with Crippen molar-refractivity contribution in [1.29, 1.82) is 0 Å². The Kier molecular flexibility index (Phi) is 5.81. The Balaban J connectivity index is 1.75. The highest BCUT2D eigenvalue weighted by Gasteiger charge is 2.35. The lowest BCUT2D eigenvalue weighted by Crippen LogP contribution is -2.49. The summed E-state index contributed by atoms with van der Waals surface area (Å²) in [6.07, 6.45) is 0.882. The highest BCUT2D eigenvalue weighted by atomic mass is 16.5. The quantitative estimate of drug-likeness (QED) is 0.879. The van der Waals surface area contributed by atoms with Crippen molar-refractivity contribution in [1.82, 2.24) is 14.8 Å². The Morgan fingerprint density at radius 2 is 2.16 bits per heavy atom. The number of morpholine rings is 1. The summed E-state index contributed by atoms with van der Waals surface area (Å²) in [6, 6.07) is 2.14. The van der Waals surface area contributed by atoms with Gasteiger partial charge in [-0.15, -0.1) is 0 Å². The van der Waals surface area contributed by atoms with E-state index in [-0.39, 0.29) is 24.0 Å². The van der Waals surface area contributed by atoms with Gasteiger partial charge in [0, 0.05) is 44.2 Å². The van der Waals surface area contributed by atoms with Crippen LogP contribution in [0.3, 0.4) is 0 Å². The molecule has 3 atom stereocenters. The van der Waals surface area contributed by atoms with Crippen molar-refractivity contribution >= 4 is 5.91 Å². The minimum Gasteiger partial charge on any atom is -0.378 e. The Bertz CT molecular complexity index is 601. The predicted octanol–water partition coefficient (Wildman–Crippen LogP) is 1.72. The number of likely N-dealkylation sites (N-methyl/N-ethyl adjacent to an activating group) is 1. The molecule has 1 aromatic rings. The molecule has 3 heterocycles. The zero-order valence-electron chi connectivity index (χ0n) is 15.9. The number of aromatic nitrogens is 1. The number of nitrogens with one attached hydrogen (secondary N) is 1. The van der Waals surface area contributed by atoms with E-state index < -0.39 is 0 Å². The first kappa shape index (κ1) is 18.4. The standard InChI is InChI=1S/C19H31N3O3/c1-13-9-16(14(2)20-13)10-22(12-17-11-21(4)6-8-25-17)19(23)18-5-7-24-15(18)3/h9,15,17-18,20H,5-8,10-12H2,1-4H3/t15-,17+,18+/m1/s1. The summed E-state index contributed by atoms with van der Waals surface area (Å²) in [6.45, 7) is 10.6. The van der Waals surface area contributed by atoms with E-state index in [4.69, 9.17) is 9.47 Å². The molecule has 6 nitrogen and oxygen atoms in total. The fourth-order valence-corrected chi connectivity index (χ4v) is 3.90. The van der Waals surface area contributed by atoms with Gasteiger partial charge in [0.2, 0.25) is 5.91 Å². The Labute approximate surface area is 150 Å². The van der Waals surface area contributed by atoms with Crippen molar-refractivity contribution < 1.29 is 14.3 Å². The van der Waals surface area contributed by atoms with E-state index in [2.05, 4.69) is 36.8 Å². The molecule has 0 radical (unpaired) electrons. The van der Waals surface area contributed by atoms with Gasteiger partial charge in [-0.05, 0) is 45.9 Å². The van der Waals surface area contributed by atoms with Gasteiger partial charge in [0.1, 0.15) is 0 Å². The lowest BCUT2D eigenvalue weighted by Gasteiger charge is -2.35. The van der Waals surface area contributed by atoms with E-state index >= 15 is 0 Å². The summed E-state index contributed by atoms with van der Waals surface area (Å²) in [5, 5.41) is 0. The van der Waals surface area contributed by atoms with Gasteiger partial charge in [-0.1, -0.05) is 0 Å². The molecule has 1 aromatic heterocycles. The smallest absolute Gasteiger partial charge is 0.228 e. The van der Waals surface area contributed by atoms with E-state index in [1.807, 2.05) is 11.8 Å². The molecule has 2 fully saturated rings. The monoisotopic (exact) mass is 349 g/mol. The summed E-state index contributed by atoms with van der Waals surface area (Å²) < 4.78 is 11.5. The first-order valence-corrected chi connectivity index (χ1v) is 9.29. The van der Waals surface area contributed by atoms with Crippen molar-refractivity contribution in [2.45, 2.75) is 45.9 Å². The van der Waals surface area contributed by atoms with Crippen molar-refractivity contribution in [2.75, 3.05) is 39.9 Å². The van der Waals surface area contributed by atoms with Crippen LogP contribution in [0.1, 0.15) is 30.3 Å². The number of aromatic amines is 1. The molecule has 1 N–H and O–H groups in total. The van der Waals surface area contributed by atoms with Crippen LogP contribution in [0.5, 0.6) is 0 Å². The van der Waals surface area contributed by atoms with E-state index in [1.165, 1.54) is 5.56 Å². The van der Waals surface area contributed by atoms with E-state index in [0.29, 0.717) is 19.7 Å². The van der Waals surface area contributed by atoms with Gasteiger partial charge in [-0.3, -0.25) is 4.79 Å². The molecule has 6 heteroatoms. The molecule has 0 aliphatic carbocycles. The third kappa shape index (κ3) is 4.43. The SMILES string of the molecule is Cc1cc(CN(C[C@@H]2CN(C)CCO2)C(=O)[C@H]2CCO[C@@H]2C)c(C)[nH]1. The summed E-state index contributed by atoms with van der Waals surface area (Å²) >= 11 is 0. The molecule has 0 saturated carbocycles. The zero-order chi connectivity index (χ0) is 18.0. The fraction of sp³-hybridized carbons (Fsp3) is 0.737. The van der Waals surface area contributed by atoms with Crippen LogP contribution < -0.4 is 0 Å². The first-order chi connectivity index (χ1) is 11.9. The molecular formula is C19H31N3O3. The molecule has 0 spiro atoms. The average molecular weight is 349 g/mol. The molecular weight excluding hydrogens is 318 g/mol. The number of carbonyl (C=O) groups excluding carboxylic acids is 1. The van der Waals surface area contributed by atoms with Crippen LogP contribution in [0.25, 0.3) is 0 Å². The molecule has 0 unspecified atom stereocenters. The molecule has 25 heavy (non-hydrogen) atoms. The largest absolute Gasteiger partial charge is 0.378 e. The van der Waals surface area contributed by atoms with Crippen molar-refractivity contribution in [2.24, 2.45) is 5.92 Å². The third-order valence-electron chi connectivity index (χ3n) is 5.39. The highest BCUT2D eigenvalue weighted by molar-refractivity contribution is 5.79. The molecule has 1 amide bonds. The molecule has 0 bridgehead atoms.